The second-order valence-electron chi connectivity index (χ2n) is 4.81. The van der Waals surface area contributed by atoms with Gasteiger partial charge in [-0.2, -0.15) is 8.78 Å². The molecule has 0 fully saturated rings. The Hall–Kier alpha value is -1.61. The quantitative estimate of drug-likeness (QED) is 0.634. The number of ether oxygens (including phenoxy) is 1. The van der Waals surface area contributed by atoms with E-state index < -0.39 is 6.61 Å². The summed E-state index contributed by atoms with van der Waals surface area (Å²) in [7, 11) is 0. The van der Waals surface area contributed by atoms with E-state index in [1.807, 2.05) is 24.3 Å². The molecule has 0 amide bonds. The fourth-order valence-electron chi connectivity index (χ4n) is 2.18. The van der Waals surface area contributed by atoms with Crippen molar-refractivity contribution in [2.75, 3.05) is 0 Å². The number of hydrogen-bond donors (Lipinski definition) is 0. The van der Waals surface area contributed by atoms with Gasteiger partial charge in [-0.1, -0.05) is 49.7 Å². The van der Waals surface area contributed by atoms with Crippen LogP contribution in [-0.4, -0.2) is 6.61 Å². The third-order valence-corrected chi connectivity index (χ3v) is 3.69. The Labute approximate surface area is 128 Å². The average Bonchev–Trinajstić information content (AvgIpc) is 2.47. The highest BCUT2D eigenvalue weighted by Gasteiger charge is 2.13. The third-order valence-electron chi connectivity index (χ3n) is 3.19. The van der Waals surface area contributed by atoms with Crippen LogP contribution >= 0.6 is 11.6 Å². The van der Waals surface area contributed by atoms with Crippen LogP contribution in [0.15, 0.2) is 48.5 Å². The first-order chi connectivity index (χ1) is 10.1. The van der Waals surface area contributed by atoms with Crippen molar-refractivity contribution in [3.63, 3.8) is 0 Å². The van der Waals surface area contributed by atoms with E-state index in [1.165, 1.54) is 11.6 Å². The van der Waals surface area contributed by atoms with Crippen molar-refractivity contribution in [3.8, 4) is 5.75 Å². The Balaban J connectivity index is 2.16. The van der Waals surface area contributed by atoms with Crippen LogP contribution < -0.4 is 4.74 Å². The van der Waals surface area contributed by atoms with Crippen LogP contribution in [0.5, 0.6) is 5.75 Å². The highest BCUT2D eigenvalue weighted by molar-refractivity contribution is 6.22. The summed E-state index contributed by atoms with van der Waals surface area (Å²) in [5, 5.41) is -0.387. The Morgan fingerprint density at radius 2 is 1.76 bits per heavy atom. The fraction of sp³-hybridized carbons (Fsp3) is 0.294. The Morgan fingerprint density at radius 3 is 2.38 bits per heavy atom. The van der Waals surface area contributed by atoms with Crippen LogP contribution in [-0.2, 0) is 6.42 Å². The lowest BCUT2D eigenvalue weighted by molar-refractivity contribution is -0.0498. The van der Waals surface area contributed by atoms with Crippen LogP contribution in [0.4, 0.5) is 8.78 Å². The molecule has 0 saturated carbocycles. The standard InChI is InChI=1S/C17H17ClF2O/c1-2-4-12-7-9-13(10-8-12)16(18)14-5-3-6-15(11-14)21-17(19)20/h3,5-11,16-17H,2,4H2,1H3. The Kier molecular flexibility index (Phi) is 5.57. The highest BCUT2D eigenvalue weighted by atomic mass is 35.5. The van der Waals surface area contributed by atoms with Crippen molar-refractivity contribution in [2.45, 2.75) is 31.8 Å². The predicted molar refractivity (Wildman–Crippen MR) is 81.2 cm³/mol. The van der Waals surface area contributed by atoms with Crippen molar-refractivity contribution in [3.05, 3.63) is 65.2 Å². The molecule has 0 heterocycles. The minimum absolute atomic E-state index is 0.121. The zero-order valence-corrected chi connectivity index (χ0v) is 12.5. The molecule has 112 valence electrons. The van der Waals surface area contributed by atoms with Gasteiger partial charge in [-0.25, -0.2) is 0 Å². The van der Waals surface area contributed by atoms with Gasteiger partial charge < -0.3 is 4.74 Å². The van der Waals surface area contributed by atoms with Gasteiger partial charge in [-0.05, 0) is 35.2 Å². The molecule has 0 N–H and O–H groups in total. The molecule has 0 radical (unpaired) electrons. The van der Waals surface area contributed by atoms with Gasteiger partial charge in [0, 0.05) is 0 Å². The van der Waals surface area contributed by atoms with Gasteiger partial charge >= 0.3 is 6.61 Å². The van der Waals surface area contributed by atoms with Gasteiger partial charge in [0.25, 0.3) is 0 Å². The van der Waals surface area contributed by atoms with Gasteiger partial charge in [0.05, 0.1) is 5.38 Å². The van der Waals surface area contributed by atoms with E-state index in [0.717, 1.165) is 24.0 Å². The van der Waals surface area contributed by atoms with E-state index in [0.29, 0.717) is 0 Å². The molecule has 0 aliphatic rings. The summed E-state index contributed by atoms with van der Waals surface area (Å²) in [5.41, 5.74) is 2.93. The van der Waals surface area contributed by atoms with Crippen LogP contribution in [0, 0.1) is 0 Å². The molecular weight excluding hydrogens is 294 g/mol. The van der Waals surface area contributed by atoms with Crippen LogP contribution in [0.25, 0.3) is 0 Å². The van der Waals surface area contributed by atoms with Gasteiger partial charge in [-0.3, -0.25) is 0 Å². The monoisotopic (exact) mass is 310 g/mol. The van der Waals surface area contributed by atoms with Gasteiger partial charge in [0.15, 0.2) is 0 Å². The second-order valence-corrected chi connectivity index (χ2v) is 5.24. The van der Waals surface area contributed by atoms with E-state index in [-0.39, 0.29) is 11.1 Å². The first-order valence-corrected chi connectivity index (χ1v) is 7.31. The topological polar surface area (TPSA) is 9.23 Å². The lowest BCUT2D eigenvalue weighted by atomic mass is 10.0. The summed E-state index contributed by atoms with van der Waals surface area (Å²) in [6.07, 6.45) is 2.13. The lowest BCUT2D eigenvalue weighted by Gasteiger charge is -2.13. The van der Waals surface area contributed by atoms with Crippen LogP contribution in [0.3, 0.4) is 0 Å². The number of halogens is 3. The van der Waals surface area contributed by atoms with E-state index >= 15 is 0 Å². The van der Waals surface area contributed by atoms with Crippen molar-refractivity contribution in [1.82, 2.24) is 0 Å². The van der Waals surface area contributed by atoms with Crippen molar-refractivity contribution in [1.29, 1.82) is 0 Å². The van der Waals surface area contributed by atoms with E-state index in [4.69, 9.17) is 11.6 Å². The maximum atomic E-state index is 12.2. The van der Waals surface area contributed by atoms with Crippen LogP contribution in [0.2, 0.25) is 0 Å². The molecule has 2 aromatic rings. The summed E-state index contributed by atoms with van der Waals surface area (Å²) in [4.78, 5) is 0. The van der Waals surface area contributed by atoms with E-state index in [1.54, 1.807) is 18.2 Å². The van der Waals surface area contributed by atoms with Crippen LogP contribution in [0.1, 0.15) is 35.4 Å². The van der Waals surface area contributed by atoms with Crippen molar-refractivity contribution in [2.24, 2.45) is 0 Å². The third kappa shape index (κ3) is 4.43. The van der Waals surface area contributed by atoms with Gasteiger partial charge in [0.2, 0.25) is 0 Å². The smallest absolute Gasteiger partial charge is 0.387 e. The second kappa shape index (κ2) is 7.41. The molecule has 2 rings (SSSR count). The minimum Gasteiger partial charge on any atom is -0.435 e. The molecule has 1 atom stereocenters. The summed E-state index contributed by atoms with van der Waals surface area (Å²) in [6, 6.07) is 14.5. The number of hydrogen-bond acceptors (Lipinski definition) is 1. The Morgan fingerprint density at radius 1 is 1.05 bits per heavy atom. The zero-order chi connectivity index (χ0) is 15.2. The average molecular weight is 311 g/mol. The molecule has 0 aromatic heterocycles. The maximum absolute atomic E-state index is 12.2. The number of benzene rings is 2. The molecular formula is C17H17ClF2O. The predicted octanol–water partition coefficient (Wildman–Crippen LogP) is 5.57. The zero-order valence-electron chi connectivity index (χ0n) is 11.7. The molecule has 1 nitrogen and oxygen atoms in total. The highest BCUT2D eigenvalue weighted by Crippen LogP contribution is 2.31. The molecule has 21 heavy (non-hydrogen) atoms. The van der Waals surface area contributed by atoms with Gasteiger partial charge in [0.1, 0.15) is 5.75 Å². The number of alkyl halides is 3. The molecule has 4 heteroatoms. The summed E-state index contributed by atoms with van der Waals surface area (Å²) < 4.78 is 28.9. The minimum atomic E-state index is -2.83. The lowest BCUT2D eigenvalue weighted by Crippen LogP contribution is -2.02. The first kappa shape index (κ1) is 15.8. The molecule has 2 aromatic carbocycles. The van der Waals surface area contributed by atoms with E-state index in [2.05, 4.69) is 11.7 Å². The van der Waals surface area contributed by atoms with Gasteiger partial charge in [-0.15, -0.1) is 11.6 Å². The summed E-state index contributed by atoms with van der Waals surface area (Å²) >= 11 is 6.43. The molecule has 0 bridgehead atoms. The molecule has 0 saturated heterocycles. The molecule has 0 aliphatic heterocycles. The Bertz CT molecular complexity index is 569. The summed E-state index contributed by atoms with van der Waals surface area (Å²) in [5.74, 6) is 0.121. The normalized spacial score (nSPS) is 12.4. The van der Waals surface area contributed by atoms with E-state index in [9.17, 15) is 8.78 Å². The number of aryl methyl sites for hydroxylation is 1. The van der Waals surface area contributed by atoms with Crippen molar-refractivity contribution >= 4 is 11.6 Å². The van der Waals surface area contributed by atoms with Crippen molar-refractivity contribution < 1.29 is 13.5 Å². The fourth-order valence-corrected chi connectivity index (χ4v) is 2.46. The largest absolute Gasteiger partial charge is 0.435 e. The molecule has 1 unspecified atom stereocenters. The molecule has 0 aliphatic carbocycles. The molecule has 0 spiro atoms. The number of rotatable bonds is 6. The SMILES string of the molecule is CCCc1ccc(C(Cl)c2cccc(OC(F)F)c2)cc1. The maximum Gasteiger partial charge on any atom is 0.387 e. The first-order valence-electron chi connectivity index (χ1n) is 6.88. The summed E-state index contributed by atoms with van der Waals surface area (Å²) in [6.45, 7) is -0.699.